The molecule has 3 heterocycles. The van der Waals surface area contributed by atoms with Gasteiger partial charge in [-0.2, -0.15) is 5.10 Å². The number of hydrogen-bond acceptors (Lipinski definition) is 7. The van der Waals surface area contributed by atoms with Crippen molar-refractivity contribution in [3.8, 4) is 11.6 Å². The number of piperazine rings is 1. The number of carbonyl (C=O) groups is 5. The first-order chi connectivity index (χ1) is 22.4. The normalized spacial score (nSPS) is 20.0. The van der Waals surface area contributed by atoms with Crippen molar-refractivity contribution in [3.05, 3.63) is 42.1 Å². The van der Waals surface area contributed by atoms with Gasteiger partial charge in [-0.1, -0.05) is 18.2 Å². The van der Waals surface area contributed by atoms with Crippen molar-refractivity contribution in [2.45, 2.75) is 69.5 Å². The number of benzene rings is 1. The lowest BCUT2D eigenvalue weighted by Gasteiger charge is -2.36. The van der Waals surface area contributed by atoms with Crippen LogP contribution in [-0.4, -0.2) is 118 Å². The van der Waals surface area contributed by atoms with Crippen LogP contribution in [0.1, 0.15) is 61.9 Å². The lowest BCUT2D eigenvalue weighted by molar-refractivity contribution is -0.140. The molecule has 6 amide bonds. The van der Waals surface area contributed by atoms with Gasteiger partial charge in [0.05, 0.1) is 12.2 Å². The van der Waals surface area contributed by atoms with E-state index in [0.717, 1.165) is 44.9 Å². The first-order valence-electron chi connectivity index (χ1n) is 16.4. The number of aromatic nitrogens is 2. The summed E-state index contributed by atoms with van der Waals surface area (Å²) >= 11 is 0. The standard InChI is InChI=1S/C32H42N8O6/c41-27(37-15-17-38(18-16-37)32(45)35-23-9-5-10-23)20-33-30(43)25-19-29(40(36-25)24-11-2-1-3-12-24)46-21-28(42)39-14-6-13-26(39)31(44)34-22-7-4-8-22/h1-3,11-12,19,22-23,26H,4-10,13-18,20-21H2,(H,33,43)(H,34,44)(H,35,45)/t26-/m0/s1. The molecule has 2 saturated heterocycles. The molecule has 0 bridgehead atoms. The van der Waals surface area contributed by atoms with Crippen LogP contribution in [0.4, 0.5) is 4.79 Å². The number of likely N-dealkylation sites (tertiary alicyclic amines) is 1. The topological polar surface area (TPSA) is 158 Å². The fourth-order valence-corrected chi connectivity index (χ4v) is 6.07. The minimum atomic E-state index is -0.565. The van der Waals surface area contributed by atoms with Crippen LogP contribution in [0.25, 0.3) is 5.69 Å². The van der Waals surface area contributed by atoms with E-state index in [1.54, 1.807) is 26.8 Å². The molecule has 1 aromatic carbocycles. The molecule has 14 heteroatoms. The summed E-state index contributed by atoms with van der Waals surface area (Å²) in [6.07, 6.45) is 7.57. The van der Waals surface area contributed by atoms with Gasteiger partial charge in [0.1, 0.15) is 6.04 Å². The van der Waals surface area contributed by atoms with Crippen LogP contribution in [0.2, 0.25) is 0 Å². The van der Waals surface area contributed by atoms with Crippen LogP contribution >= 0.6 is 0 Å². The average Bonchev–Trinajstić information content (AvgIpc) is 3.71. The Morgan fingerprint density at radius 3 is 2.13 bits per heavy atom. The molecule has 0 unspecified atom stereocenters. The SMILES string of the molecule is O=C(NCC(=O)N1CCN(C(=O)NC2CCC2)CC1)c1cc(OCC(=O)N2CCC[C@H]2C(=O)NC2CCC2)n(-c2ccccc2)n1. The summed E-state index contributed by atoms with van der Waals surface area (Å²) in [6.45, 7) is 1.58. The summed E-state index contributed by atoms with van der Waals surface area (Å²) in [6, 6.07) is 10.3. The molecule has 2 aliphatic heterocycles. The summed E-state index contributed by atoms with van der Waals surface area (Å²) in [4.78, 5) is 69.3. The van der Waals surface area contributed by atoms with Crippen molar-refractivity contribution in [1.82, 2.24) is 40.4 Å². The van der Waals surface area contributed by atoms with Crippen LogP contribution in [-0.2, 0) is 14.4 Å². The first-order valence-corrected chi connectivity index (χ1v) is 16.4. The third-order valence-electron chi connectivity index (χ3n) is 9.33. The first kappa shape index (κ1) is 31.4. The van der Waals surface area contributed by atoms with Gasteiger partial charge in [0.2, 0.25) is 17.7 Å². The molecule has 246 valence electrons. The highest BCUT2D eigenvalue weighted by atomic mass is 16.5. The number of nitrogens with one attached hydrogen (secondary N) is 3. The van der Waals surface area contributed by atoms with Crippen LogP contribution in [0, 0.1) is 0 Å². The number of hydrogen-bond donors (Lipinski definition) is 3. The smallest absolute Gasteiger partial charge is 0.317 e. The van der Waals surface area contributed by atoms with Gasteiger partial charge in [-0.3, -0.25) is 19.2 Å². The van der Waals surface area contributed by atoms with Gasteiger partial charge in [-0.25, -0.2) is 9.48 Å². The summed E-state index contributed by atoms with van der Waals surface area (Å²) in [5.74, 6) is -1.07. The van der Waals surface area contributed by atoms with E-state index in [4.69, 9.17) is 4.74 Å². The highest BCUT2D eigenvalue weighted by molar-refractivity contribution is 5.95. The second-order valence-electron chi connectivity index (χ2n) is 12.4. The Hall–Kier alpha value is -4.62. The number of para-hydroxylation sites is 1. The molecule has 4 fully saturated rings. The van der Waals surface area contributed by atoms with Crippen LogP contribution in [0.15, 0.2) is 36.4 Å². The molecule has 2 aliphatic carbocycles. The van der Waals surface area contributed by atoms with Crippen LogP contribution < -0.4 is 20.7 Å². The van der Waals surface area contributed by atoms with Gasteiger partial charge in [-0.15, -0.1) is 0 Å². The quantitative estimate of drug-likeness (QED) is 0.353. The van der Waals surface area contributed by atoms with Gasteiger partial charge in [0.15, 0.2) is 12.3 Å². The molecule has 1 atom stereocenters. The number of nitrogens with zero attached hydrogens (tertiary/aromatic N) is 5. The zero-order valence-corrected chi connectivity index (χ0v) is 26.0. The maximum Gasteiger partial charge on any atom is 0.317 e. The van der Waals surface area contributed by atoms with E-state index in [-0.39, 0.29) is 60.6 Å². The molecule has 1 aromatic heterocycles. The molecule has 3 N–H and O–H groups in total. The van der Waals surface area contributed by atoms with Gasteiger partial charge in [0, 0.05) is 50.9 Å². The number of amides is 6. The Balaban J connectivity index is 1.03. The van der Waals surface area contributed by atoms with E-state index in [1.807, 2.05) is 18.2 Å². The van der Waals surface area contributed by atoms with Gasteiger partial charge in [-0.05, 0) is 63.5 Å². The molecule has 6 rings (SSSR count). The third kappa shape index (κ3) is 7.26. The van der Waals surface area contributed by atoms with E-state index >= 15 is 0 Å². The summed E-state index contributed by atoms with van der Waals surface area (Å²) in [5.41, 5.74) is 0.647. The Morgan fingerprint density at radius 1 is 0.783 bits per heavy atom. The molecule has 4 aliphatic rings. The Kier molecular flexibility index (Phi) is 9.69. The van der Waals surface area contributed by atoms with Gasteiger partial charge < -0.3 is 35.4 Å². The number of rotatable bonds is 10. The second-order valence-corrected chi connectivity index (χ2v) is 12.4. The van der Waals surface area contributed by atoms with E-state index in [9.17, 15) is 24.0 Å². The number of ether oxygens (including phenoxy) is 1. The molecule has 14 nitrogen and oxygen atoms in total. The Bertz CT molecular complexity index is 1430. The molecule has 0 radical (unpaired) electrons. The fraction of sp³-hybridized carbons (Fsp3) is 0.562. The van der Waals surface area contributed by atoms with Crippen molar-refractivity contribution in [1.29, 1.82) is 0 Å². The zero-order chi connectivity index (χ0) is 32.0. The summed E-state index contributed by atoms with van der Waals surface area (Å²) < 4.78 is 7.34. The van der Waals surface area contributed by atoms with E-state index in [0.29, 0.717) is 44.8 Å². The second kappa shape index (κ2) is 14.2. The number of urea groups is 1. The van der Waals surface area contributed by atoms with Crippen LogP contribution in [0.5, 0.6) is 5.88 Å². The van der Waals surface area contributed by atoms with Crippen LogP contribution in [0.3, 0.4) is 0 Å². The predicted octanol–water partition coefficient (Wildman–Crippen LogP) is 1.05. The van der Waals surface area contributed by atoms with E-state index in [1.165, 1.54) is 10.7 Å². The van der Waals surface area contributed by atoms with Crippen molar-refractivity contribution >= 4 is 29.7 Å². The molecular formula is C32H42N8O6. The molecule has 0 spiro atoms. The minimum Gasteiger partial charge on any atom is -0.467 e. The predicted molar refractivity (Wildman–Crippen MR) is 166 cm³/mol. The Labute approximate surface area is 267 Å². The van der Waals surface area contributed by atoms with E-state index in [2.05, 4.69) is 21.0 Å². The monoisotopic (exact) mass is 634 g/mol. The largest absolute Gasteiger partial charge is 0.467 e. The molecule has 46 heavy (non-hydrogen) atoms. The minimum absolute atomic E-state index is 0.0236. The van der Waals surface area contributed by atoms with Gasteiger partial charge >= 0.3 is 6.03 Å². The van der Waals surface area contributed by atoms with Crippen molar-refractivity contribution < 1.29 is 28.7 Å². The summed E-state index contributed by atoms with van der Waals surface area (Å²) in [7, 11) is 0. The molecular weight excluding hydrogens is 592 g/mol. The maximum absolute atomic E-state index is 13.2. The lowest BCUT2D eigenvalue weighted by atomic mass is 9.93. The number of carbonyl (C=O) groups excluding carboxylic acids is 5. The maximum atomic E-state index is 13.2. The van der Waals surface area contributed by atoms with Gasteiger partial charge in [0.25, 0.3) is 11.8 Å². The van der Waals surface area contributed by atoms with Crippen molar-refractivity contribution in [2.24, 2.45) is 0 Å². The third-order valence-corrected chi connectivity index (χ3v) is 9.33. The van der Waals surface area contributed by atoms with Crippen molar-refractivity contribution in [2.75, 3.05) is 45.9 Å². The molecule has 2 aromatic rings. The van der Waals surface area contributed by atoms with E-state index < -0.39 is 11.9 Å². The summed E-state index contributed by atoms with van der Waals surface area (Å²) in [5, 5.41) is 13.1. The highest BCUT2D eigenvalue weighted by Gasteiger charge is 2.36. The Morgan fingerprint density at radius 2 is 1.46 bits per heavy atom. The average molecular weight is 635 g/mol. The fourth-order valence-electron chi connectivity index (χ4n) is 6.07. The highest BCUT2D eigenvalue weighted by Crippen LogP contribution is 2.24. The molecule has 2 saturated carbocycles. The lowest BCUT2D eigenvalue weighted by Crippen LogP contribution is -2.56. The zero-order valence-electron chi connectivity index (χ0n) is 26.0. The van der Waals surface area contributed by atoms with Crippen molar-refractivity contribution in [3.63, 3.8) is 0 Å².